The van der Waals surface area contributed by atoms with Gasteiger partial charge >= 0.3 is 0 Å². The first-order chi connectivity index (χ1) is 14.4. The normalized spacial score (nSPS) is 11.0. The molecule has 0 aliphatic carbocycles. The molecule has 0 aliphatic rings. The Kier molecular flexibility index (Phi) is 5.00. The number of carbonyl (C=O) groups is 1. The number of carbonyl (C=O) groups excluding carboxylic acids is 1. The van der Waals surface area contributed by atoms with Gasteiger partial charge in [-0.05, 0) is 37.6 Å². The second-order valence-electron chi connectivity index (χ2n) is 6.81. The summed E-state index contributed by atoms with van der Waals surface area (Å²) in [5.74, 6) is 0.460. The second kappa shape index (κ2) is 7.64. The number of anilines is 1. The van der Waals surface area contributed by atoms with Gasteiger partial charge in [-0.25, -0.2) is 0 Å². The summed E-state index contributed by atoms with van der Waals surface area (Å²) in [5.41, 5.74) is 3.17. The minimum atomic E-state index is -0.463. The zero-order valence-electron chi connectivity index (χ0n) is 16.5. The van der Waals surface area contributed by atoms with E-state index >= 15 is 0 Å². The molecule has 0 unspecified atom stereocenters. The molecule has 0 atom stereocenters. The molecule has 0 fully saturated rings. The molecule has 0 spiro atoms. The summed E-state index contributed by atoms with van der Waals surface area (Å²) in [4.78, 5) is 24.0. The number of rotatable bonds is 5. The number of fused-ring (bicyclic) bond motifs is 1. The highest BCUT2D eigenvalue weighted by Crippen LogP contribution is 2.29. The number of nitro groups is 1. The number of benzene rings is 2. The van der Waals surface area contributed by atoms with E-state index in [2.05, 4.69) is 20.6 Å². The fourth-order valence-electron chi connectivity index (χ4n) is 3.08. The van der Waals surface area contributed by atoms with E-state index in [9.17, 15) is 14.9 Å². The van der Waals surface area contributed by atoms with Gasteiger partial charge < -0.3 is 5.32 Å². The Labute approximate surface area is 175 Å². The molecule has 4 aromatic rings. The molecule has 9 nitrogen and oxygen atoms in total. The van der Waals surface area contributed by atoms with E-state index in [1.807, 2.05) is 32.0 Å². The van der Waals surface area contributed by atoms with E-state index in [4.69, 9.17) is 0 Å². The Morgan fingerprint density at radius 1 is 1.17 bits per heavy atom. The third-order valence-electron chi connectivity index (χ3n) is 4.76. The number of nitro benzene ring substituents is 1. The van der Waals surface area contributed by atoms with Crippen molar-refractivity contribution in [1.82, 2.24) is 19.8 Å². The van der Waals surface area contributed by atoms with Gasteiger partial charge in [-0.15, -0.1) is 10.2 Å². The lowest BCUT2D eigenvalue weighted by molar-refractivity contribution is -0.385. The van der Waals surface area contributed by atoms with Crippen LogP contribution in [0.2, 0.25) is 0 Å². The highest BCUT2D eigenvalue weighted by atomic mass is 32.1. The minimum absolute atomic E-state index is 0.0144. The third-order valence-corrected chi connectivity index (χ3v) is 5.71. The summed E-state index contributed by atoms with van der Waals surface area (Å²) >= 11 is 1.42. The number of aromatic nitrogens is 4. The Morgan fingerprint density at radius 3 is 2.67 bits per heavy atom. The summed E-state index contributed by atoms with van der Waals surface area (Å²) in [6.45, 7) is 5.50. The second-order valence-corrected chi connectivity index (χ2v) is 7.77. The van der Waals surface area contributed by atoms with Crippen LogP contribution in [0.5, 0.6) is 0 Å². The average molecular weight is 422 g/mol. The smallest absolute Gasteiger partial charge is 0.272 e. The van der Waals surface area contributed by atoms with E-state index in [1.54, 1.807) is 11.4 Å². The Hall–Kier alpha value is -3.66. The molecule has 30 heavy (non-hydrogen) atoms. The Balaban J connectivity index is 1.63. The van der Waals surface area contributed by atoms with Crippen molar-refractivity contribution in [2.45, 2.75) is 27.2 Å². The van der Waals surface area contributed by atoms with Crippen molar-refractivity contribution in [1.29, 1.82) is 0 Å². The Bertz CT molecular complexity index is 1290. The van der Waals surface area contributed by atoms with E-state index in [0.29, 0.717) is 16.8 Å². The molecule has 0 bridgehead atoms. The molecule has 0 saturated carbocycles. The maximum absolute atomic E-state index is 12.7. The molecule has 10 heteroatoms. The number of amides is 1. The molecule has 0 radical (unpaired) electrons. The van der Waals surface area contributed by atoms with Gasteiger partial charge in [-0.1, -0.05) is 30.4 Å². The largest absolute Gasteiger partial charge is 0.322 e. The molecule has 0 saturated heterocycles. The predicted octanol–water partition coefficient (Wildman–Crippen LogP) is 4.19. The van der Waals surface area contributed by atoms with Crippen molar-refractivity contribution in [3.05, 3.63) is 69.0 Å². The maximum Gasteiger partial charge on any atom is 0.272 e. The summed E-state index contributed by atoms with van der Waals surface area (Å²) in [5, 5.41) is 27.5. The highest BCUT2D eigenvalue weighted by Gasteiger charge is 2.16. The number of hydrogen-bond acceptors (Lipinski definition) is 7. The van der Waals surface area contributed by atoms with Crippen LogP contribution in [-0.2, 0) is 6.42 Å². The van der Waals surface area contributed by atoms with E-state index in [-0.39, 0.29) is 11.6 Å². The zero-order valence-corrected chi connectivity index (χ0v) is 17.4. The molecule has 1 amide bonds. The topological polar surface area (TPSA) is 115 Å². The summed E-state index contributed by atoms with van der Waals surface area (Å²) in [7, 11) is 0. The fourth-order valence-corrected chi connectivity index (χ4v) is 3.93. The number of aryl methyl sites for hydroxylation is 3. The van der Waals surface area contributed by atoms with Crippen LogP contribution in [0.1, 0.15) is 34.2 Å². The lowest BCUT2D eigenvalue weighted by atomic mass is 10.1. The lowest BCUT2D eigenvalue weighted by Crippen LogP contribution is -2.13. The van der Waals surface area contributed by atoms with Gasteiger partial charge in [-0.2, -0.15) is 9.61 Å². The molecule has 4 rings (SSSR count). The maximum atomic E-state index is 12.7. The van der Waals surface area contributed by atoms with Gasteiger partial charge in [0.25, 0.3) is 11.6 Å². The fraction of sp³-hybridized carbons (Fsp3) is 0.200. The van der Waals surface area contributed by atoms with E-state index in [0.717, 1.165) is 33.3 Å². The molecular weight excluding hydrogens is 404 g/mol. The molecule has 2 aromatic carbocycles. The van der Waals surface area contributed by atoms with Crippen molar-refractivity contribution in [3.63, 3.8) is 0 Å². The molecule has 152 valence electrons. The minimum Gasteiger partial charge on any atom is -0.322 e. The van der Waals surface area contributed by atoms with Gasteiger partial charge in [0, 0.05) is 34.9 Å². The molecular formula is C20H18N6O3S. The van der Waals surface area contributed by atoms with Crippen LogP contribution < -0.4 is 5.32 Å². The van der Waals surface area contributed by atoms with Crippen molar-refractivity contribution in [3.8, 4) is 10.6 Å². The first kappa shape index (κ1) is 19.6. The van der Waals surface area contributed by atoms with E-state index < -0.39 is 4.92 Å². The van der Waals surface area contributed by atoms with Crippen LogP contribution in [0.25, 0.3) is 15.5 Å². The summed E-state index contributed by atoms with van der Waals surface area (Å²) in [6.07, 6.45) is 0.730. The van der Waals surface area contributed by atoms with E-state index in [1.165, 1.54) is 29.5 Å². The monoisotopic (exact) mass is 422 g/mol. The molecule has 2 aromatic heterocycles. The summed E-state index contributed by atoms with van der Waals surface area (Å²) < 4.78 is 1.73. The van der Waals surface area contributed by atoms with Gasteiger partial charge in [0.15, 0.2) is 5.82 Å². The first-order valence-electron chi connectivity index (χ1n) is 9.26. The van der Waals surface area contributed by atoms with Gasteiger partial charge in [0.1, 0.15) is 5.01 Å². The van der Waals surface area contributed by atoms with Crippen LogP contribution in [0.3, 0.4) is 0 Å². The van der Waals surface area contributed by atoms with Gasteiger partial charge in [0.2, 0.25) is 4.96 Å². The highest BCUT2D eigenvalue weighted by molar-refractivity contribution is 7.19. The summed E-state index contributed by atoms with van der Waals surface area (Å²) in [6, 6.07) is 10.0. The zero-order chi connectivity index (χ0) is 21.4. The quantitative estimate of drug-likeness (QED) is 0.381. The number of hydrogen-bond donors (Lipinski definition) is 1. The van der Waals surface area contributed by atoms with Crippen LogP contribution >= 0.6 is 11.3 Å². The SMILES string of the molecule is CCc1nnc2sc(-c3ccc(C)c(NC(=O)c4ccc([N+](=O)[O-])c(C)c4)c3)nn12. The van der Waals surface area contributed by atoms with Crippen LogP contribution in [-0.4, -0.2) is 30.6 Å². The standard InChI is InChI=1S/C20H18N6O3S/c1-4-17-22-23-20-25(17)24-19(30-20)14-6-5-11(2)15(10-14)21-18(27)13-7-8-16(26(28)29)12(3)9-13/h5-10H,4H2,1-3H3,(H,21,27). The van der Waals surface area contributed by atoms with Crippen LogP contribution in [0.15, 0.2) is 36.4 Å². The van der Waals surface area contributed by atoms with Gasteiger partial charge in [0.05, 0.1) is 4.92 Å². The first-order valence-corrected chi connectivity index (χ1v) is 10.1. The van der Waals surface area contributed by atoms with Crippen molar-refractivity contribution < 1.29 is 9.72 Å². The predicted molar refractivity (Wildman–Crippen MR) is 114 cm³/mol. The van der Waals surface area contributed by atoms with Crippen molar-refractivity contribution in [2.75, 3.05) is 5.32 Å². The molecule has 0 aliphatic heterocycles. The number of nitrogens with zero attached hydrogens (tertiary/aromatic N) is 5. The molecule has 1 N–H and O–H groups in total. The van der Waals surface area contributed by atoms with Crippen LogP contribution in [0.4, 0.5) is 11.4 Å². The van der Waals surface area contributed by atoms with Crippen molar-refractivity contribution in [2.24, 2.45) is 0 Å². The Morgan fingerprint density at radius 2 is 1.97 bits per heavy atom. The average Bonchev–Trinajstić information content (AvgIpc) is 3.29. The van der Waals surface area contributed by atoms with Crippen LogP contribution in [0, 0.1) is 24.0 Å². The number of nitrogens with one attached hydrogen (secondary N) is 1. The van der Waals surface area contributed by atoms with Gasteiger partial charge in [-0.3, -0.25) is 14.9 Å². The van der Waals surface area contributed by atoms with Crippen molar-refractivity contribution >= 4 is 33.6 Å². The third kappa shape index (κ3) is 3.52. The lowest BCUT2D eigenvalue weighted by Gasteiger charge is -2.10. The molecule has 2 heterocycles.